The van der Waals surface area contributed by atoms with E-state index in [9.17, 15) is 10.1 Å². The maximum absolute atomic E-state index is 12.6. The summed E-state index contributed by atoms with van der Waals surface area (Å²) >= 11 is 6.47. The zero-order valence-electron chi connectivity index (χ0n) is 15.3. The van der Waals surface area contributed by atoms with E-state index in [1.165, 1.54) is 13.2 Å². The molecule has 3 rings (SSSR count). The number of anilines is 1. The number of aromatic nitrogens is 2. The minimum absolute atomic E-state index is 0.0940. The summed E-state index contributed by atoms with van der Waals surface area (Å²) in [5.74, 6) is -0.0609. The number of hydrogen-bond acceptors (Lipinski definition) is 4. The van der Waals surface area contributed by atoms with Crippen LogP contribution in [0, 0.1) is 18.3 Å². The summed E-state index contributed by atoms with van der Waals surface area (Å²) < 4.78 is 6.78. The van der Waals surface area contributed by atoms with Crippen molar-refractivity contribution < 1.29 is 9.53 Å². The van der Waals surface area contributed by atoms with Gasteiger partial charge in [-0.05, 0) is 37.3 Å². The van der Waals surface area contributed by atoms with Crippen LogP contribution in [0.25, 0.3) is 11.8 Å². The molecular formula is C21H17ClN4O2. The maximum Gasteiger partial charge on any atom is 0.266 e. The van der Waals surface area contributed by atoms with E-state index < -0.39 is 5.91 Å². The van der Waals surface area contributed by atoms with Crippen LogP contribution in [0.15, 0.2) is 60.2 Å². The molecule has 3 aromatic rings. The summed E-state index contributed by atoms with van der Waals surface area (Å²) in [7, 11) is 1.51. The second kappa shape index (κ2) is 8.42. The van der Waals surface area contributed by atoms with Gasteiger partial charge in [0.2, 0.25) is 0 Å². The predicted octanol–water partition coefficient (Wildman–Crippen LogP) is 4.39. The molecule has 0 bridgehead atoms. The van der Waals surface area contributed by atoms with E-state index in [-0.39, 0.29) is 5.57 Å². The van der Waals surface area contributed by atoms with Crippen molar-refractivity contribution in [1.29, 1.82) is 5.26 Å². The van der Waals surface area contributed by atoms with Gasteiger partial charge in [0.05, 0.1) is 24.2 Å². The Morgan fingerprint density at radius 3 is 2.57 bits per heavy atom. The quantitative estimate of drug-likeness (QED) is 0.516. The predicted molar refractivity (Wildman–Crippen MR) is 109 cm³/mol. The number of ether oxygens (including phenoxy) is 1. The number of nitriles is 1. The molecule has 0 saturated carbocycles. The highest BCUT2D eigenvalue weighted by molar-refractivity contribution is 6.31. The number of hydrogen-bond donors (Lipinski definition) is 1. The number of carbonyl (C=O) groups excluding carboxylic acids is 1. The molecule has 6 nitrogen and oxygen atoms in total. The molecule has 0 aliphatic heterocycles. The molecule has 0 aliphatic rings. The summed E-state index contributed by atoms with van der Waals surface area (Å²) in [5, 5.41) is 16.9. The van der Waals surface area contributed by atoms with Crippen LogP contribution in [0.1, 0.15) is 11.3 Å². The number of halogens is 1. The Morgan fingerprint density at radius 2 is 1.89 bits per heavy atom. The number of nitrogens with zero attached hydrogens (tertiary/aromatic N) is 3. The molecule has 1 N–H and O–H groups in total. The van der Waals surface area contributed by atoms with Gasteiger partial charge in [-0.2, -0.15) is 10.4 Å². The Hall–Kier alpha value is -3.56. The molecule has 7 heteroatoms. The minimum Gasteiger partial charge on any atom is -0.495 e. The fourth-order valence-electron chi connectivity index (χ4n) is 2.65. The van der Waals surface area contributed by atoms with Crippen LogP contribution in [-0.2, 0) is 4.79 Å². The Balaban J connectivity index is 1.94. The van der Waals surface area contributed by atoms with E-state index >= 15 is 0 Å². The Morgan fingerprint density at radius 1 is 1.21 bits per heavy atom. The third-order valence-electron chi connectivity index (χ3n) is 4.06. The Bertz CT molecular complexity index is 1080. The Kier molecular flexibility index (Phi) is 5.78. The van der Waals surface area contributed by atoms with Gasteiger partial charge in [0, 0.05) is 5.56 Å². The summed E-state index contributed by atoms with van der Waals surface area (Å²) in [5.41, 5.74) is 2.28. The van der Waals surface area contributed by atoms with Crippen molar-refractivity contribution in [3.05, 3.63) is 76.6 Å². The van der Waals surface area contributed by atoms with Crippen LogP contribution in [0.4, 0.5) is 5.69 Å². The first-order valence-corrected chi connectivity index (χ1v) is 8.79. The van der Waals surface area contributed by atoms with Gasteiger partial charge in [0.25, 0.3) is 5.91 Å². The molecule has 2 aromatic carbocycles. The molecule has 1 amide bonds. The maximum atomic E-state index is 12.6. The fourth-order valence-corrected chi connectivity index (χ4v) is 2.97. The first-order valence-electron chi connectivity index (χ1n) is 8.42. The normalized spacial score (nSPS) is 11.0. The van der Waals surface area contributed by atoms with E-state index in [4.69, 9.17) is 16.3 Å². The van der Waals surface area contributed by atoms with Gasteiger partial charge >= 0.3 is 0 Å². The highest BCUT2D eigenvalue weighted by Crippen LogP contribution is 2.27. The van der Waals surface area contributed by atoms with Crippen LogP contribution >= 0.6 is 11.6 Å². The van der Waals surface area contributed by atoms with E-state index in [0.717, 1.165) is 5.69 Å². The van der Waals surface area contributed by atoms with Gasteiger partial charge in [0.1, 0.15) is 22.5 Å². The monoisotopic (exact) mass is 392 g/mol. The van der Waals surface area contributed by atoms with Crippen molar-refractivity contribution in [3.63, 3.8) is 0 Å². The second-order valence-electron chi connectivity index (χ2n) is 5.86. The van der Waals surface area contributed by atoms with Crippen molar-refractivity contribution in [3.8, 4) is 17.5 Å². The third-order valence-corrected chi connectivity index (χ3v) is 4.42. The molecule has 0 unspecified atom stereocenters. The van der Waals surface area contributed by atoms with Gasteiger partial charge in [-0.1, -0.05) is 41.9 Å². The van der Waals surface area contributed by atoms with Crippen LogP contribution in [0.3, 0.4) is 0 Å². The highest BCUT2D eigenvalue weighted by atomic mass is 35.5. The van der Waals surface area contributed by atoms with Crippen molar-refractivity contribution in [1.82, 2.24) is 9.78 Å². The lowest BCUT2D eigenvalue weighted by Crippen LogP contribution is -2.14. The second-order valence-corrected chi connectivity index (χ2v) is 6.22. The molecule has 0 spiro atoms. The van der Waals surface area contributed by atoms with Crippen molar-refractivity contribution in [2.75, 3.05) is 12.4 Å². The topological polar surface area (TPSA) is 79.9 Å². The number of carbonyl (C=O) groups is 1. The highest BCUT2D eigenvalue weighted by Gasteiger charge is 2.17. The molecule has 140 valence electrons. The van der Waals surface area contributed by atoms with Crippen LogP contribution < -0.4 is 10.1 Å². The molecule has 1 aromatic heterocycles. The molecule has 0 fully saturated rings. The average Bonchev–Trinajstić information content (AvgIpc) is 3.00. The summed E-state index contributed by atoms with van der Waals surface area (Å²) in [4.78, 5) is 12.6. The molecule has 0 radical (unpaired) electrons. The summed E-state index contributed by atoms with van der Waals surface area (Å²) in [6.45, 7) is 1.77. The molecular weight excluding hydrogens is 376 g/mol. The zero-order chi connectivity index (χ0) is 20.1. The van der Waals surface area contributed by atoms with E-state index in [2.05, 4.69) is 10.4 Å². The first-order chi connectivity index (χ1) is 13.5. The molecule has 0 atom stereocenters. The van der Waals surface area contributed by atoms with Crippen molar-refractivity contribution in [2.24, 2.45) is 0 Å². The van der Waals surface area contributed by atoms with Gasteiger partial charge in [-0.3, -0.25) is 4.79 Å². The number of amides is 1. The van der Waals surface area contributed by atoms with Gasteiger partial charge < -0.3 is 10.1 Å². The fraction of sp³-hybridized carbons (Fsp3) is 0.0952. The lowest BCUT2D eigenvalue weighted by atomic mass is 10.1. The number of rotatable bonds is 5. The van der Waals surface area contributed by atoms with Crippen molar-refractivity contribution in [2.45, 2.75) is 6.92 Å². The smallest absolute Gasteiger partial charge is 0.266 e. The average molecular weight is 393 g/mol. The third kappa shape index (κ3) is 3.90. The molecule has 1 heterocycles. The number of aryl methyl sites for hydroxylation is 1. The van der Waals surface area contributed by atoms with Gasteiger partial charge in [0.15, 0.2) is 0 Å². The molecule has 0 aliphatic carbocycles. The van der Waals surface area contributed by atoms with E-state index in [1.54, 1.807) is 35.9 Å². The summed E-state index contributed by atoms with van der Waals surface area (Å²) in [6, 6.07) is 18.3. The standard InChI is InChI=1S/C21H17ClN4O2/c1-14-17(20(22)26(25-14)16-8-4-3-5-9-16)12-15(13-23)21(27)24-18-10-6-7-11-19(18)28-2/h3-12H,1-2H3,(H,24,27)/b15-12+. The number of methoxy groups -OCH3 is 1. The molecule has 0 saturated heterocycles. The minimum atomic E-state index is -0.560. The van der Waals surface area contributed by atoms with E-state index in [1.807, 2.05) is 36.4 Å². The number of benzene rings is 2. The van der Waals surface area contributed by atoms with Gasteiger partial charge in [-0.15, -0.1) is 0 Å². The van der Waals surface area contributed by atoms with Crippen LogP contribution in [-0.4, -0.2) is 22.8 Å². The summed E-state index contributed by atoms with van der Waals surface area (Å²) in [6.07, 6.45) is 1.44. The first kappa shape index (κ1) is 19.2. The largest absolute Gasteiger partial charge is 0.495 e. The molecule has 28 heavy (non-hydrogen) atoms. The van der Waals surface area contributed by atoms with Crippen molar-refractivity contribution >= 4 is 29.3 Å². The van der Waals surface area contributed by atoms with E-state index in [0.29, 0.717) is 27.8 Å². The lowest BCUT2D eigenvalue weighted by molar-refractivity contribution is -0.112. The number of para-hydroxylation sites is 3. The number of nitrogens with one attached hydrogen (secondary N) is 1. The SMILES string of the molecule is COc1ccccc1NC(=O)/C(C#N)=C/c1c(C)nn(-c2ccccc2)c1Cl. The lowest BCUT2D eigenvalue weighted by Gasteiger charge is -2.09. The van der Waals surface area contributed by atoms with Crippen LogP contribution in [0.5, 0.6) is 5.75 Å². The van der Waals surface area contributed by atoms with Crippen LogP contribution in [0.2, 0.25) is 5.15 Å². The van der Waals surface area contributed by atoms with Gasteiger partial charge in [-0.25, -0.2) is 4.68 Å². The zero-order valence-corrected chi connectivity index (χ0v) is 16.1. The Labute approximate surface area is 167 Å².